The summed E-state index contributed by atoms with van der Waals surface area (Å²) in [5.74, 6) is 0.905. The fraction of sp³-hybridized carbons (Fsp3) is 1.00. The number of hydrogen-bond donors (Lipinski definition) is 1. The van der Waals surface area contributed by atoms with E-state index >= 15 is 0 Å². The Kier molecular flexibility index (Phi) is 5.11. The number of rotatable bonds is 3. The second-order valence-electron chi connectivity index (χ2n) is 5.87. The Hall–Kier alpha value is -0.0800. The number of likely N-dealkylation sites (tertiary alicyclic amines) is 1. The molecule has 16 heavy (non-hydrogen) atoms. The van der Waals surface area contributed by atoms with Crippen LogP contribution in [0, 0.1) is 5.92 Å². The lowest BCUT2D eigenvalue weighted by atomic mass is 9.97. The first-order valence-electron chi connectivity index (χ1n) is 7.26. The SMILES string of the molecule is CN1CCCC(CNC2CCCCCC2)C1. The molecule has 0 amide bonds. The minimum atomic E-state index is 0.828. The van der Waals surface area contributed by atoms with E-state index in [1.807, 2.05) is 0 Å². The topological polar surface area (TPSA) is 15.3 Å². The lowest BCUT2D eigenvalue weighted by Gasteiger charge is -2.31. The van der Waals surface area contributed by atoms with Crippen LogP contribution in [0.2, 0.25) is 0 Å². The molecule has 1 saturated heterocycles. The quantitative estimate of drug-likeness (QED) is 0.741. The summed E-state index contributed by atoms with van der Waals surface area (Å²) in [6.45, 7) is 3.87. The fourth-order valence-corrected chi connectivity index (χ4v) is 3.26. The molecule has 0 aromatic heterocycles. The summed E-state index contributed by atoms with van der Waals surface area (Å²) >= 11 is 0. The summed E-state index contributed by atoms with van der Waals surface area (Å²) in [6, 6.07) is 0.828. The van der Waals surface area contributed by atoms with Gasteiger partial charge in [0.2, 0.25) is 0 Å². The van der Waals surface area contributed by atoms with E-state index in [2.05, 4.69) is 17.3 Å². The highest BCUT2D eigenvalue weighted by Gasteiger charge is 2.18. The Bertz CT molecular complexity index is 183. The Morgan fingerprint density at radius 2 is 1.75 bits per heavy atom. The molecular formula is C14H28N2. The maximum Gasteiger partial charge on any atom is 0.00671 e. The maximum atomic E-state index is 3.83. The van der Waals surface area contributed by atoms with Crippen LogP contribution in [0.1, 0.15) is 51.4 Å². The summed E-state index contributed by atoms with van der Waals surface area (Å²) < 4.78 is 0. The first-order valence-corrected chi connectivity index (χ1v) is 7.26. The van der Waals surface area contributed by atoms with Crippen LogP contribution in [0.4, 0.5) is 0 Å². The Labute approximate surface area is 101 Å². The van der Waals surface area contributed by atoms with Gasteiger partial charge in [-0.25, -0.2) is 0 Å². The lowest BCUT2D eigenvalue weighted by molar-refractivity contribution is 0.201. The Morgan fingerprint density at radius 1 is 1.00 bits per heavy atom. The van der Waals surface area contributed by atoms with Gasteiger partial charge in [-0.2, -0.15) is 0 Å². The normalized spacial score (nSPS) is 30.2. The molecule has 1 aliphatic carbocycles. The molecule has 2 nitrogen and oxygen atoms in total. The van der Waals surface area contributed by atoms with E-state index in [0.717, 1.165) is 12.0 Å². The number of piperidine rings is 1. The van der Waals surface area contributed by atoms with Crippen LogP contribution in [0.5, 0.6) is 0 Å². The Balaban J connectivity index is 1.65. The van der Waals surface area contributed by atoms with Crippen molar-refractivity contribution in [3.63, 3.8) is 0 Å². The van der Waals surface area contributed by atoms with Gasteiger partial charge in [0, 0.05) is 12.6 Å². The molecular weight excluding hydrogens is 196 g/mol. The van der Waals surface area contributed by atoms with Crippen LogP contribution in [-0.4, -0.2) is 37.6 Å². The smallest absolute Gasteiger partial charge is 0.00671 e. The van der Waals surface area contributed by atoms with Gasteiger partial charge in [0.25, 0.3) is 0 Å². The van der Waals surface area contributed by atoms with Gasteiger partial charge in [-0.15, -0.1) is 0 Å². The number of nitrogens with zero attached hydrogens (tertiary/aromatic N) is 1. The highest BCUT2D eigenvalue weighted by atomic mass is 15.1. The van der Waals surface area contributed by atoms with Gasteiger partial charge in [-0.05, 0) is 51.7 Å². The van der Waals surface area contributed by atoms with E-state index in [9.17, 15) is 0 Å². The molecule has 2 fully saturated rings. The zero-order chi connectivity index (χ0) is 11.2. The molecule has 1 unspecified atom stereocenters. The molecule has 0 aromatic carbocycles. The highest BCUT2D eigenvalue weighted by molar-refractivity contribution is 4.76. The lowest BCUT2D eigenvalue weighted by Crippen LogP contribution is -2.40. The standard InChI is InChI=1S/C14H28N2/c1-16-10-6-7-13(12-16)11-15-14-8-4-2-3-5-9-14/h13-15H,2-12H2,1H3. The maximum absolute atomic E-state index is 3.83. The van der Waals surface area contributed by atoms with Crippen molar-refractivity contribution in [2.24, 2.45) is 5.92 Å². The monoisotopic (exact) mass is 224 g/mol. The fourth-order valence-electron chi connectivity index (χ4n) is 3.26. The molecule has 2 heteroatoms. The van der Waals surface area contributed by atoms with E-state index in [0.29, 0.717) is 0 Å². The zero-order valence-electron chi connectivity index (χ0n) is 10.9. The first-order chi connectivity index (χ1) is 7.84. The molecule has 2 aliphatic rings. The van der Waals surface area contributed by atoms with Crippen LogP contribution in [0.25, 0.3) is 0 Å². The van der Waals surface area contributed by atoms with Crippen LogP contribution in [-0.2, 0) is 0 Å². The largest absolute Gasteiger partial charge is 0.314 e. The van der Waals surface area contributed by atoms with Crippen molar-refractivity contribution in [2.75, 3.05) is 26.7 Å². The predicted octanol–water partition coefficient (Wildman–Crippen LogP) is 2.64. The zero-order valence-corrected chi connectivity index (χ0v) is 10.9. The average molecular weight is 224 g/mol. The summed E-state index contributed by atoms with van der Waals surface area (Å²) in [6.07, 6.45) is 11.5. The van der Waals surface area contributed by atoms with E-state index in [1.54, 1.807) is 0 Å². The number of nitrogens with one attached hydrogen (secondary N) is 1. The van der Waals surface area contributed by atoms with Crippen molar-refractivity contribution < 1.29 is 0 Å². The molecule has 0 aromatic rings. The van der Waals surface area contributed by atoms with Crippen molar-refractivity contribution in [1.82, 2.24) is 10.2 Å². The third-order valence-corrected chi connectivity index (χ3v) is 4.27. The van der Waals surface area contributed by atoms with Gasteiger partial charge in [-0.1, -0.05) is 25.7 Å². The third kappa shape index (κ3) is 4.06. The Morgan fingerprint density at radius 3 is 2.44 bits per heavy atom. The van der Waals surface area contributed by atoms with Crippen molar-refractivity contribution in [2.45, 2.75) is 57.4 Å². The van der Waals surface area contributed by atoms with Gasteiger partial charge in [0.05, 0.1) is 0 Å². The molecule has 0 radical (unpaired) electrons. The molecule has 0 spiro atoms. The van der Waals surface area contributed by atoms with Gasteiger partial charge in [-0.3, -0.25) is 0 Å². The minimum Gasteiger partial charge on any atom is -0.314 e. The number of hydrogen-bond acceptors (Lipinski definition) is 2. The van der Waals surface area contributed by atoms with Gasteiger partial charge in [0.15, 0.2) is 0 Å². The molecule has 0 bridgehead atoms. The molecule has 2 rings (SSSR count). The molecule has 1 heterocycles. The summed E-state index contributed by atoms with van der Waals surface area (Å²) in [4.78, 5) is 2.49. The van der Waals surface area contributed by atoms with Gasteiger partial charge < -0.3 is 10.2 Å². The minimum absolute atomic E-state index is 0.828. The third-order valence-electron chi connectivity index (χ3n) is 4.27. The first kappa shape index (κ1) is 12.4. The van der Waals surface area contributed by atoms with Crippen LogP contribution in [0.15, 0.2) is 0 Å². The van der Waals surface area contributed by atoms with Crippen LogP contribution < -0.4 is 5.32 Å². The molecule has 1 atom stereocenters. The van der Waals surface area contributed by atoms with E-state index < -0.39 is 0 Å². The van der Waals surface area contributed by atoms with E-state index in [1.165, 1.54) is 71.0 Å². The van der Waals surface area contributed by atoms with Crippen molar-refractivity contribution in [1.29, 1.82) is 0 Å². The summed E-state index contributed by atoms with van der Waals surface area (Å²) in [5.41, 5.74) is 0. The summed E-state index contributed by atoms with van der Waals surface area (Å²) in [7, 11) is 2.26. The molecule has 1 N–H and O–H groups in total. The molecule has 1 aliphatic heterocycles. The molecule has 1 saturated carbocycles. The summed E-state index contributed by atoms with van der Waals surface area (Å²) in [5, 5.41) is 3.83. The second-order valence-corrected chi connectivity index (χ2v) is 5.87. The van der Waals surface area contributed by atoms with E-state index in [-0.39, 0.29) is 0 Å². The van der Waals surface area contributed by atoms with Crippen molar-refractivity contribution in [3.8, 4) is 0 Å². The highest BCUT2D eigenvalue weighted by Crippen LogP contribution is 2.19. The van der Waals surface area contributed by atoms with Crippen LogP contribution >= 0.6 is 0 Å². The average Bonchev–Trinajstić information content (AvgIpc) is 2.55. The van der Waals surface area contributed by atoms with Crippen molar-refractivity contribution >= 4 is 0 Å². The van der Waals surface area contributed by atoms with Gasteiger partial charge >= 0.3 is 0 Å². The van der Waals surface area contributed by atoms with E-state index in [4.69, 9.17) is 0 Å². The predicted molar refractivity (Wildman–Crippen MR) is 69.7 cm³/mol. The molecule has 94 valence electrons. The van der Waals surface area contributed by atoms with Crippen LogP contribution in [0.3, 0.4) is 0 Å². The van der Waals surface area contributed by atoms with Crippen molar-refractivity contribution in [3.05, 3.63) is 0 Å². The second kappa shape index (κ2) is 6.61. The van der Waals surface area contributed by atoms with Gasteiger partial charge in [0.1, 0.15) is 0 Å².